The number of aromatic hydroxyl groups is 1. The molecule has 0 spiro atoms. The van der Waals surface area contributed by atoms with Gasteiger partial charge in [-0.05, 0) is 53.6 Å². The van der Waals surface area contributed by atoms with Crippen molar-refractivity contribution >= 4 is 28.4 Å². The lowest BCUT2D eigenvalue weighted by atomic mass is 10.0. The summed E-state index contributed by atoms with van der Waals surface area (Å²) >= 11 is 6.05. The number of carbonyl (C=O) groups is 1. The molecule has 0 unspecified atom stereocenters. The quantitative estimate of drug-likeness (QED) is 0.558. The first-order chi connectivity index (χ1) is 13.5. The zero-order valence-electron chi connectivity index (χ0n) is 14.5. The Morgan fingerprint density at radius 1 is 1.04 bits per heavy atom. The number of halogens is 1. The van der Waals surface area contributed by atoms with Crippen molar-refractivity contribution in [1.29, 1.82) is 0 Å². The van der Waals surface area contributed by atoms with Crippen molar-refractivity contribution in [1.82, 2.24) is 9.55 Å². The zero-order valence-corrected chi connectivity index (χ0v) is 15.2. The van der Waals surface area contributed by atoms with E-state index in [1.54, 1.807) is 41.2 Å². The van der Waals surface area contributed by atoms with Gasteiger partial charge in [0.2, 0.25) is 5.43 Å². The number of amides is 1. The van der Waals surface area contributed by atoms with E-state index >= 15 is 0 Å². The van der Waals surface area contributed by atoms with E-state index in [4.69, 9.17) is 17.3 Å². The molecular formula is C21H14ClN3O3. The third kappa shape index (κ3) is 3.00. The maximum absolute atomic E-state index is 12.7. The zero-order chi connectivity index (χ0) is 19.8. The molecule has 0 saturated carbocycles. The van der Waals surface area contributed by atoms with Crippen LogP contribution in [0.4, 0.5) is 0 Å². The van der Waals surface area contributed by atoms with Crippen LogP contribution in [0.1, 0.15) is 10.4 Å². The van der Waals surface area contributed by atoms with Crippen LogP contribution in [0.25, 0.3) is 27.7 Å². The van der Waals surface area contributed by atoms with E-state index in [1.807, 2.05) is 18.2 Å². The fourth-order valence-corrected chi connectivity index (χ4v) is 3.26. The van der Waals surface area contributed by atoms with Gasteiger partial charge in [-0.3, -0.25) is 14.6 Å². The lowest BCUT2D eigenvalue weighted by Gasteiger charge is -2.14. The Morgan fingerprint density at radius 2 is 1.79 bits per heavy atom. The minimum absolute atomic E-state index is 0.0663. The number of phenolic OH excluding ortho intramolecular Hbond substituents is 1. The van der Waals surface area contributed by atoms with Gasteiger partial charge in [-0.25, -0.2) is 0 Å². The summed E-state index contributed by atoms with van der Waals surface area (Å²) in [6.07, 6.45) is 4.76. The Kier molecular flexibility index (Phi) is 4.33. The minimum Gasteiger partial charge on any atom is -0.506 e. The number of hydrogen-bond donors (Lipinski definition) is 2. The fourth-order valence-electron chi connectivity index (χ4n) is 3.08. The first-order valence-electron chi connectivity index (χ1n) is 8.34. The van der Waals surface area contributed by atoms with Gasteiger partial charge < -0.3 is 15.4 Å². The predicted molar refractivity (Wildman–Crippen MR) is 108 cm³/mol. The Balaban J connectivity index is 2.07. The standard InChI is InChI=1S/C21H14ClN3O3/c22-17-10-14(2-4-19(17)26)25-11-16(21(23)28)20(27)15-3-1-13(9-18(15)25)12-5-7-24-8-6-12/h1-11,26H,(H2,23,28). The summed E-state index contributed by atoms with van der Waals surface area (Å²) in [6, 6.07) is 13.7. The molecule has 138 valence electrons. The third-order valence-corrected chi connectivity index (χ3v) is 4.80. The van der Waals surface area contributed by atoms with Gasteiger partial charge in [-0.2, -0.15) is 0 Å². The number of carbonyl (C=O) groups excluding carboxylic acids is 1. The van der Waals surface area contributed by atoms with Gasteiger partial charge in [0.15, 0.2) is 0 Å². The fraction of sp³-hybridized carbons (Fsp3) is 0. The number of phenols is 1. The molecule has 4 rings (SSSR count). The summed E-state index contributed by atoms with van der Waals surface area (Å²) < 4.78 is 1.66. The van der Waals surface area contributed by atoms with E-state index in [0.717, 1.165) is 11.1 Å². The average molecular weight is 392 g/mol. The molecule has 0 atom stereocenters. The third-order valence-electron chi connectivity index (χ3n) is 4.49. The van der Waals surface area contributed by atoms with Crippen molar-refractivity contribution < 1.29 is 9.90 Å². The number of fused-ring (bicyclic) bond motifs is 1. The molecular weight excluding hydrogens is 378 g/mol. The Morgan fingerprint density at radius 3 is 2.46 bits per heavy atom. The van der Waals surface area contributed by atoms with Crippen LogP contribution in [-0.4, -0.2) is 20.6 Å². The van der Waals surface area contributed by atoms with Crippen molar-refractivity contribution in [2.75, 3.05) is 0 Å². The van der Waals surface area contributed by atoms with Gasteiger partial charge in [-0.1, -0.05) is 17.7 Å². The molecule has 0 bridgehead atoms. The van der Waals surface area contributed by atoms with Crippen molar-refractivity contribution in [3.05, 3.63) is 87.9 Å². The van der Waals surface area contributed by atoms with E-state index in [2.05, 4.69) is 4.98 Å². The highest BCUT2D eigenvalue weighted by Crippen LogP contribution is 2.29. The second kappa shape index (κ2) is 6.83. The molecule has 0 radical (unpaired) electrons. The smallest absolute Gasteiger partial charge is 0.254 e. The van der Waals surface area contributed by atoms with Crippen LogP contribution >= 0.6 is 11.6 Å². The van der Waals surface area contributed by atoms with E-state index in [9.17, 15) is 14.7 Å². The van der Waals surface area contributed by atoms with Crippen molar-refractivity contribution in [3.63, 3.8) is 0 Å². The summed E-state index contributed by atoms with van der Waals surface area (Å²) in [5.41, 5.74) is 7.78. The van der Waals surface area contributed by atoms with E-state index in [1.165, 1.54) is 12.3 Å². The highest BCUT2D eigenvalue weighted by molar-refractivity contribution is 6.32. The summed E-state index contributed by atoms with van der Waals surface area (Å²) in [5, 5.41) is 10.2. The molecule has 7 heteroatoms. The Hall–Kier alpha value is -3.64. The number of nitrogens with zero attached hydrogens (tertiary/aromatic N) is 2. The van der Waals surface area contributed by atoms with Crippen LogP contribution in [0.3, 0.4) is 0 Å². The van der Waals surface area contributed by atoms with E-state index < -0.39 is 11.3 Å². The highest BCUT2D eigenvalue weighted by Gasteiger charge is 2.15. The van der Waals surface area contributed by atoms with Crippen LogP contribution in [0.2, 0.25) is 5.02 Å². The Labute approximate surface area is 164 Å². The molecule has 0 saturated heterocycles. The number of primary amides is 1. The van der Waals surface area contributed by atoms with Crippen molar-refractivity contribution in [2.45, 2.75) is 0 Å². The van der Waals surface area contributed by atoms with Crippen LogP contribution in [0, 0.1) is 0 Å². The predicted octanol–water partition coefficient (Wildman–Crippen LogP) is 3.51. The lowest BCUT2D eigenvalue weighted by Crippen LogP contribution is -2.23. The van der Waals surface area contributed by atoms with Crippen LogP contribution < -0.4 is 11.2 Å². The van der Waals surface area contributed by atoms with Gasteiger partial charge in [0, 0.05) is 29.7 Å². The molecule has 0 aliphatic carbocycles. The molecule has 0 fully saturated rings. The summed E-state index contributed by atoms with van der Waals surface area (Å²) in [7, 11) is 0. The molecule has 4 aromatic rings. The molecule has 2 aromatic heterocycles. The summed E-state index contributed by atoms with van der Waals surface area (Å²) in [4.78, 5) is 28.5. The van der Waals surface area contributed by atoms with Crippen molar-refractivity contribution in [3.8, 4) is 22.6 Å². The number of benzene rings is 2. The minimum atomic E-state index is -0.816. The molecule has 2 heterocycles. The van der Waals surface area contributed by atoms with E-state index in [-0.39, 0.29) is 16.3 Å². The lowest BCUT2D eigenvalue weighted by molar-refractivity contribution is 0.0999. The molecule has 2 aromatic carbocycles. The Bertz CT molecular complexity index is 1280. The van der Waals surface area contributed by atoms with Gasteiger partial charge in [0.05, 0.1) is 10.5 Å². The SMILES string of the molecule is NC(=O)c1cn(-c2ccc(O)c(Cl)c2)c2cc(-c3ccncc3)ccc2c1=O. The number of pyridine rings is 2. The molecule has 3 N–H and O–H groups in total. The topological polar surface area (TPSA) is 98.2 Å². The second-order valence-corrected chi connectivity index (χ2v) is 6.62. The average Bonchev–Trinajstić information content (AvgIpc) is 2.70. The van der Waals surface area contributed by atoms with Crippen molar-refractivity contribution in [2.24, 2.45) is 5.73 Å². The van der Waals surface area contributed by atoms with E-state index in [0.29, 0.717) is 16.6 Å². The number of rotatable bonds is 3. The molecule has 0 aliphatic rings. The van der Waals surface area contributed by atoms with Gasteiger partial charge >= 0.3 is 0 Å². The van der Waals surface area contributed by atoms with Crippen LogP contribution in [-0.2, 0) is 0 Å². The molecule has 6 nitrogen and oxygen atoms in total. The van der Waals surface area contributed by atoms with Crippen LogP contribution in [0.5, 0.6) is 5.75 Å². The van der Waals surface area contributed by atoms with Gasteiger partial charge in [-0.15, -0.1) is 0 Å². The maximum atomic E-state index is 12.7. The number of nitrogens with two attached hydrogens (primary N) is 1. The normalized spacial score (nSPS) is 10.9. The number of aromatic nitrogens is 2. The van der Waals surface area contributed by atoms with Gasteiger partial charge in [0.1, 0.15) is 11.3 Å². The monoisotopic (exact) mass is 391 g/mol. The molecule has 0 aliphatic heterocycles. The molecule has 28 heavy (non-hydrogen) atoms. The molecule has 1 amide bonds. The first-order valence-corrected chi connectivity index (χ1v) is 8.72. The van der Waals surface area contributed by atoms with Crippen LogP contribution in [0.15, 0.2) is 71.9 Å². The first kappa shape index (κ1) is 17.8. The summed E-state index contributed by atoms with van der Waals surface area (Å²) in [6.45, 7) is 0. The second-order valence-electron chi connectivity index (χ2n) is 6.21. The maximum Gasteiger partial charge on any atom is 0.254 e. The summed E-state index contributed by atoms with van der Waals surface area (Å²) in [5.74, 6) is -0.882. The largest absolute Gasteiger partial charge is 0.506 e. The highest BCUT2D eigenvalue weighted by atomic mass is 35.5. The van der Waals surface area contributed by atoms with Gasteiger partial charge in [0.25, 0.3) is 5.91 Å². The number of hydrogen-bond acceptors (Lipinski definition) is 4.